The first-order chi connectivity index (χ1) is 17.0. The van der Waals surface area contributed by atoms with Crippen LogP contribution in [-0.4, -0.2) is 55.9 Å². The molecular weight excluding hydrogens is 464 g/mol. The standard InChI is InChI=1S/C14H18N2O2S.C12H10N2O2/c1-15-12-10-11(16-5-7-18-8-6-16)2-3-13(12)19-9-4-14(15)17;13-12(15)11-8-10(6-7-14-11)16-9-4-2-1-3-5-9/h2-3,10H,4-9H2,1H3;1-8H,(H2,13,15). The number of anilines is 2. The zero-order valence-corrected chi connectivity index (χ0v) is 20.4. The predicted octanol–water partition coefficient (Wildman–Crippen LogP) is 3.95. The van der Waals surface area contributed by atoms with E-state index in [-0.39, 0.29) is 11.6 Å². The molecule has 8 nitrogen and oxygen atoms in total. The molecule has 2 aromatic carbocycles. The Labute approximate surface area is 209 Å². The molecule has 0 aliphatic carbocycles. The number of ether oxygens (including phenoxy) is 2. The van der Waals surface area contributed by atoms with Crippen LogP contribution in [0.15, 0.2) is 71.8 Å². The molecule has 1 saturated heterocycles. The highest BCUT2D eigenvalue weighted by molar-refractivity contribution is 7.99. The largest absolute Gasteiger partial charge is 0.457 e. The average molecular weight is 493 g/mol. The third-order valence-corrected chi connectivity index (χ3v) is 6.65. The minimum absolute atomic E-state index is 0.188. The molecule has 0 bridgehead atoms. The van der Waals surface area contributed by atoms with Crippen molar-refractivity contribution in [3.05, 3.63) is 72.6 Å². The minimum Gasteiger partial charge on any atom is -0.457 e. The van der Waals surface area contributed by atoms with Gasteiger partial charge in [-0.25, -0.2) is 0 Å². The normalized spacial score (nSPS) is 15.4. The summed E-state index contributed by atoms with van der Waals surface area (Å²) in [6.45, 7) is 3.40. The second-order valence-corrected chi connectivity index (χ2v) is 9.10. The lowest BCUT2D eigenvalue weighted by atomic mass is 10.2. The van der Waals surface area contributed by atoms with Gasteiger partial charge in [0.2, 0.25) is 5.91 Å². The van der Waals surface area contributed by atoms with Gasteiger partial charge in [-0.2, -0.15) is 0 Å². The molecule has 9 heteroatoms. The number of rotatable bonds is 4. The maximum Gasteiger partial charge on any atom is 0.267 e. The van der Waals surface area contributed by atoms with Crippen molar-refractivity contribution in [1.82, 2.24) is 4.98 Å². The summed E-state index contributed by atoms with van der Waals surface area (Å²) in [5.74, 6) is 1.73. The quantitative estimate of drug-likeness (QED) is 0.589. The van der Waals surface area contributed by atoms with Crippen molar-refractivity contribution < 1.29 is 19.1 Å². The van der Waals surface area contributed by atoms with E-state index in [1.165, 1.54) is 22.8 Å². The van der Waals surface area contributed by atoms with Crippen LogP contribution in [0.4, 0.5) is 11.4 Å². The van der Waals surface area contributed by atoms with Gasteiger partial charge in [0.25, 0.3) is 5.91 Å². The summed E-state index contributed by atoms with van der Waals surface area (Å²) in [4.78, 5) is 32.0. The number of carbonyl (C=O) groups excluding carboxylic acids is 2. The Morgan fingerprint density at radius 2 is 1.83 bits per heavy atom. The van der Waals surface area contributed by atoms with Crippen molar-refractivity contribution in [1.29, 1.82) is 0 Å². The number of benzene rings is 2. The third-order valence-electron chi connectivity index (χ3n) is 5.59. The zero-order valence-electron chi connectivity index (χ0n) is 19.6. The molecule has 2 amide bonds. The lowest BCUT2D eigenvalue weighted by molar-refractivity contribution is -0.117. The van der Waals surface area contributed by atoms with Crippen LogP contribution in [0.2, 0.25) is 0 Å². The van der Waals surface area contributed by atoms with E-state index in [1.807, 2.05) is 37.4 Å². The summed E-state index contributed by atoms with van der Waals surface area (Å²) >= 11 is 1.77. The van der Waals surface area contributed by atoms with E-state index in [1.54, 1.807) is 22.7 Å². The zero-order chi connectivity index (χ0) is 24.6. The molecule has 2 aliphatic rings. The first kappa shape index (κ1) is 24.6. The van der Waals surface area contributed by atoms with E-state index in [2.05, 4.69) is 28.1 Å². The Balaban J connectivity index is 0.000000168. The number of nitrogens with two attached hydrogens (primary N) is 1. The molecule has 3 heterocycles. The summed E-state index contributed by atoms with van der Waals surface area (Å²) in [7, 11) is 1.87. The number of para-hydroxylation sites is 1. The van der Waals surface area contributed by atoms with Crippen molar-refractivity contribution in [2.45, 2.75) is 11.3 Å². The van der Waals surface area contributed by atoms with Gasteiger partial charge in [-0.3, -0.25) is 14.6 Å². The Kier molecular flexibility index (Phi) is 8.23. The van der Waals surface area contributed by atoms with Crippen LogP contribution in [-0.2, 0) is 9.53 Å². The molecule has 0 saturated carbocycles. The third kappa shape index (κ3) is 6.52. The van der Waals surface area contributed by atoms with Crippen LogP contribution in [0, 0.1) is 0 Å². The molecule has 35 heavy (non-hydrogen) atoms. The fourth-order valence-electron chi connectivity index (χ4n) is 3.69. The van der Waals surface area contributed by atoms with Crippen LogP contribution in [0.1, 0.15) is 16.9 Å². The van der Waals surface area contributed by atoms with Crippen molar-refractivity contribution in [2.24, 2.45) is 5.73 Å². The molecule has 0 atom stereocenters. The molecule has 2 aliphatic heterocycles. The van der Waals surface area contributed by atoms with E-state index < -0.39 is 5.91 Å². The highest BCUT2D eigenvalue weighted by Crippen LogP contribution is 2.36. The molecule has 0 spiro atoms. The van der Waals surface area contributed by atoms with Crippen molar-refractivity contribution in [3.8, 4) is 11.5 Å². The Bertz CT molecular complexity index is 1170. The Morgan fingerprint density at radius 3 is 2.57 bits per heavy atom. The van der Waals surface area contributed by atoms with Crippen LogP contribution >= 0.6 is 11.8 Å². The van der Waals surface area contributed by atoms with Crippen molar-refractivity contribution >= 4 is 35.0 Å². The summed E-state index contributed by atoms with van der Waals surface area (Å²) < 4.78 is 10.9. The molecular formula is C26H28N4O4S. The second-order valence-electron chi connectivity index (χ2n) is 7.96. The molecule has 0 unspecified atom stereocenters. The Hall–Kier alpha value is -3.56. The van der Waals surface area contributed by atoms with Crippen LogP contribution in [0.3, 0.4) is 0 Å². The number of fused-ring (bicyclic) bond motifs is 1. The molecule has 1 fully saturated rings. The van der Waals surface area contributed by atoms with Gasteiger partial charge in [0.15, 0.2) is 0 Å². The number of pyridine rings is 1. The monoisotopic (exact) mass is 492 g/mol. The average Bonchev–Trinajstić information content (AvgIpc) is 3.03. The number of primary amides is 1. The molecule has 0 radical (unpaired) electrons. The molecule has 3 aromatic rings. The summed E-state index contributed by atoms with van der Waals surface area (Å²) in [5.41, 5.74) is 7.53. The number of morpholine rings is 1. The summed E-state index contributed by atoms with van der Waals surface area (Å²) in [6, 6.07) is 18.9. The number of thioether (sulfide) groups is 1. The SMILES string of the molecule is CN1C(=O)CCSc2ccc(N3CCOCC3)cc21.NC(=O)c1cc(Oc2ccccc2)ccn1. The number of carbonyl (C=O) groups is 2. The van der Waals surface area contributed by atoms with E-state index in [4.69, 9.17) is 15.2 Å². The second kappa shape index (κ2) is 11.7. The van der Waals surface area contributed by atoms with Crippen LogP contribution < -0.4 is 20.3 Å². The molecule has 5 rings (SSSR count). The van der Waals surface area contributed by atoms with Gasteiger partial charge in [-0.15, -0.1) is 11.8 Å². The summed E-state index contributed by atoms with van der Waals surface area (Å²) in [5, 5.41) is 0. The highest BCUT2D eigenvalue weighted by atomic mass is 32.2. The number of hydrogen-bond donors (Lipinski definition) is 1. The van der Waals surface area contributed by atoms with Gasteiger partial charge >= 0.3 is 0 Å². The van der Waals surface area contributed by atoms with E-state index in [9.17, 15) is 9.59 Å². The first-order valence-corrected chi connectivity index (χ1v) is 12.3. The lowest BCUT2D eigenvalue weighted by Crippen LogP contribution is -2.36. The van der Waals surface area contributed by atoms with Crippen LogP contribution in [0.5, 0.6) is 11.5 Å². The minimum atomic E-state index is -0.571. The van der Waals surface area contributed by atoms with Gasteiger partial charge in [0, 0.05) is 55.2 Å². The van der Waals surface area contributed by atoms with Gasteiger partial charge < -0.3 is 25.0 Å². The molecule has 2 N–H and O–H groups in total. The lowest BCUT2D eigenvalue weighted by Gasteiger charge is -2.30. The number of amides is 2. The van der Waals surface area contributed by atoms with Gasteiger partial charge in [0.1, 0.15) is 17.2 Å². The smallest absolute Gasteiger partial charge is 0.267 e. The maximum absolute atomic E-state index is 11.9. The predicted molar refractivity (Wildman–Crippen MR) is 137 cm³/mol. The molecule has 182 valence electrons. The van der Waals surface area contributed by atoms with E-state index in [0.717, 1.165) is 37.7 Å². The first-order valence-electron chi connectivity index (χ1n) is 11.4. The summed E-state index contributed by atoms with van der Waals surface area (Å²) in [6.07, 6.45) is 2.10. The maximum atomic E-state index is 11.9. The number of aromatic nitrogens is 1. The van der Waals surface area contributed by atoms with Crippen molar-refractivity contribution in [3.63, 3.8) is 0 Å². The fraction of sp³-hybridized carbons (Fsp3) is 0.269. The number of nitrogens with zero attached hydrogens (tertiary/aromatic N) is 3. The topological polar surface area (TPSA) is 98.0 Å². The van der Waals surface area contributed by atoms with E-state index >= 15 is 0 Å². The van der Waals surface area contributed by atoms with Gasteiger partial charge in [-0.1, -0.05) is 18.2 Å². The van der Waals surface area contributed by atoms with Gasteiger partial charge in [0.05, 0.1) is 18.9 Å². The molecule has 1 aromatic heterocycles. The van der Waals surface area contributed by atoms with Crippen molar-refractivity contribution in [2.75, 3.05) is 48.9 Å². The van der Waals surface area contributed by atoms with Crippen LogP contribution in [0.25, 0.3) is 0 Å². The highest BCUT2D eigenvalue weighted by Gasteiger charge is 2.21. The van der Waals surface area contributed by atoms with E-state index in [0.29, 0.717) is 17.9 Å². The Morgan fingerprint density at radius 1 is 1.06 bits per heavy atom. The fourth-order valence-corrected chi connectivity index (χ4v) is 4.70. The van der Waals surface area contributed by atoms with Gasteiger partial charge in [-0.05, 0) is 36.4 Å². The number of hydrogen-bond acceptors (Lipinski definition) is 7.